The van der Waals surface area contributed by atoms with Crippen LogP contribution in [0.1, 0.15) is 20.3 Å². The van der Waals surface area contributed by atoms with Gasteiger partial charge < -0.3 is 10.5 Å². The number of nitrogens with zero attached hydrogens (tertiary/aromatic N) is 1. The van der Waals surface area contributed by atoms with Crippen molar-refractivity contribution in [2.75, 3.05) is 13.2 Å². The molecule has 0 heterocycles. The summed E-state index contributed by atoms with van der Waals surface area (Å²) in [5.41, 5.74) is 3.78. The van der Waals surface area contributed by atoms with E-state index in [1.54, 1.807) is 0 Å². The topological polar surface area (TPSA) is 44.6 Å². The van der Waals surface area contributed by atoms with Crippen molar-refractivity contribution < 1.29 is 5.11 Å². The summed E-state index contributed by atoms with van der Waals surface area (Å²) in [7, 11) is 0. The van der Waals surface area contributed by atoms with E-state index in [1.165, 1.54) is 0 Å². The molecule has 0 radical (unpaired) electrons. The minimum atomic E-state index is 0.139. The molecule has 0 saturated carbocycles. The number of aliphatic hydroxyl groups is 1. The molecule has 0 bridgehead atoms. The fourth-order valence-electron chi connectivity index (χ4n) is 0.320. The van der Waals surface area contributed by atoms with E-state index in [0.717, 1.165) is 12.1 Å². The molecule has 0 saturated heterocycles. The van der Waals surface area contributed by atoms with Crippen LogP contribution in [0, 0.1) is 0 Å². The van der Waals surface area contributed by atoms with Gasteiger partial charge in [-0.15, -0.1) is 0 Å². The Balaban J connectivity index is 3.21. The molecule has 0 spiro atoms. The maximum Gasteiger partial charge on any atom is 0.0620 e. The summed E-state index contributed by atoms with van der Waals surface area (Å²) in [4.78, 5) is 0. The first-order valence-corrected chi connectivity index (χ1v) is 3.18. The highest BCUT2D eigenvalue weighted by atomic mass is 16.3. The highest BCUT2D eigenvalue weighted by Gasteiger charge is 1.82. The Bertz CT molecular complexity index is 91.1. The molecule has 2 N–H and O–H groups in total. The monoisotopic (exact) mass is 130 g/mol. The maximum absolute atomic E-state index is 8.32. The van der Waals surface area contributed by atoms with Gasteiger partial charge in [0.1, 0.15) is 0 Å². The summed E-state index contributed by atoms with van der Waals surface area (Å²) in [6.45, 7) is 4.67. The van der Waals surface area contributed by atoms with Crippen LogP contribution < -0.4 is 5.43 Å². The maximum atomic E-state index is 8.32. The van der Waals surface area contributed by atoms with Crippen molar-refractivity contribution in [1.82, 2.24) is 5.43 Å². The highest BCUT2D eigenvalue weighted by Crippen LogP contribution is 1.79. The molecule has 0 aliphatic heterocycles. The molecule has 0 atom stereocenters. The lowest BCUT2D eigenvalue weighted by Gasteiger charge is -1.96. The summed E-state index contributed by atoms with van der Waals surface area (Å²) in [5, 5.41) is 12.3. The third kappa shape index (κ3) is 5.30. The van der Waals surface area contributed by atoms with Crippen molar-refractivity contribution in [2.24, 2.45) is 5.10 Å². The fraction of sp³-hybridized carbons (Fsp3) is 0.833. The average Bonchev–Trinajstić information content (AvgIpc) is 1.89. The molecule has 3 nitrogen and oxygen atoms in total. The second-order valence-corrected chi connectivity index (χ2v) is 1.83. The SMILES string of the molecule is CC/C(C)=N/NCCO. The zero-order chi connectivity index (χ0) is 7.11. The van der Waals surface area contributed by atoms with E-state index in [9.17, 15) is 0 Å². The molecule has 0 aliphatic carbocycles. The van der Waals surface area contributed by atoms with Crippen molar-refractivity contribution >= 4 is 5.71 Å². The van der Waals surface area contributed by atoms with Gasteiger partial charge in [-0.1, -0.05) is 6.92 Å². The van der Waals surface area contributed by atoms with Gasteiger partial charge in [0.25, 0.3) is 0 Å². The van der Waals surface area contributed by atoms with Gasteiger partial charge in [0.05, 0.1) is 13.2 Å². The van der Waals surface area contributed by atoms with Gasteiger partial charge in [-0.25, -0.2) is 0 Å². The molecule has 54 valence electrons. The predicted molar refractivity (Wildman–Crippen MR) is 38.5 cm³/mol. The first-order chi connectivity index (χ1) is 4.31. The molecule has 3 heteroatoms. The number of hydrazone groups is 1. The van der Waals surface area contributed by atoms with Crippen LogP contribution in [0.15, 0.2) is 5.10 Å². The Morgan fingerprint density at radius 3 is 2.78 bits per heavy atom. The smallest absolute Gasteiger partial charge is 0.0620 e. The summed E-state index contributed by atoms with van der Waals surface area (Å²) in [6, 6.07) is 0. The molecule has 0 aliphatic rings. The van der Waals surface area contributed by atoms with Gasteiger partial charge >= 0.3 is 0 Å². The number of hydrogen-bond acceptors (Lipinski definition) is 3. The van der Waals surface area contributed by atoms with E-state index in [4.69, 9.17) is 5.11 Å². The standard InChI is InChI=1S/C6H14N2O/c1-3-6(2)8-7-4-5-9/h7,9H,3-5H2,1-2H3/b8-6+. The van der Waals surface area contributed by atoms with Crippen molar-refractivity contribution in [2.45, 2.75) is 20.3 Å². The van der Waals surface area contributed by atoms with Crippen molar-refractivity contribution in [1.29, 1.82) is 0 Å². The minimum absolute atomic E-state index is 0.139. The van der Waals surface area contributed by atoms with Crippen LogP contribution in [0.25, 0.3) is 0 Å². The second kappa shape index (κ2) is 5.56. The van der Waals surface area contributed by atoms with E-state index >= 15 is 0 Å². The van der Waals surface area contributed by atoms with Gasteiger partial charge in [-0.2, -0.15) is 5.10 Å². The fourth-order valence-corrected chi connectivity index (χ4v) is 0.320. The van der Waals surface area contributed by atoms with Crippen LogP contribution >= 0.6 is 0 Å². The van der Waals surface area contributed by atoms with E-state index in [1.807, 2.05) is 13.8 Å². The van der Waals surface area contributed by atoms with E-state index in [0.29, 0.717) is 6.54 Å². The second-order valence-electron chi connectivity index (χ2n) is 1.83. The van der Waals surface area contributed by atoms with Crippen molar-refractivity contribution in [3.05, 3.63) is 0 Å². The number of hydrogen-bond donors (Lipinski definition) is 2. The molecule has 9 heavy (non-hydrogen) atoms. The van der Waals surface area contributed by atoms with Gasteiger partial charge in [0, 0.05) is 5.71 Å². The predicted octanol–water partition coefficient (Wildman–Crippen LogP) is 0.354. The highest BCUT2D eigenvalue weighted by molar-refractivity contribution is 5.81. The third-order valence-corrected chi connectivity index (χ3v) is 1.01. The van der Waals surface area contributed by atoms with E-state index in [-0.39, 0.29) is 6.61 Å². The Labute approximate surface area is 55.8 Å². The molecule has 0 unspecified atom stereocenters. The van der Waals surface area contributed by atoms with Gasteiger partial charge in [0.15, 0.2) is 0 Å². The lowest BCUT2D eigenvalue weighted by atomic mass is 10.3. The zero-order valence-corrected chi connectivity index (χ0v) is 6.02. The summed E-state index contributed by atoms with van der Waals surface area (Å²) in [6.07, 6.45) is 0.957. The van der Waals surface area contributed by atoms with Crippen molar-refractivity contribution in [3.8, 4) is 0 Å². The van der Waals surface area contributed by atoms with Crippen LogP contribution in [0.3, 0.4) is 0 Å². The van der Waals surface area contributed by atoms with Crippen molar-refractivity contribution in [3.63, 3.8) is 0 Å². The summed E-state index contributed by atoms with van der Waals surface area (Å²) in [5.74, 6) is 0. The van der Waals surface area contributed by atoms with Crippen LogP contribution in [0.2, 0.25) is 0 Å². The molecule has 0 rings (SSSR count). The average molecular weight is 130 g/mol. The van der Waals surface area contributed by atoms with Crippen LogP contribution in [-0.2, 0) is 0 Å². The quantitative estimate of drug-likeness (QED) is 0.328. The lowest BCUT2D eigenvalue weighted by molar-refractivity contribution is 0.293. The van der Waals surface area contributed by atoms with Gasteiger partial charge in [-0.3, -0.25) is 0 Å². The van der Waals surface area contributed by atoms with Crippen LogP contribution in [0.5, 0.6) is 0 Å². The molecule has 0 aromatic rings. The molecule has 0 aromatic carbocycles. The number of aliphatic hydroxyl groups excluding tert-OH is 1. The Morgan fingerprint density at radius 2 is 2.33 bits per heavy atom. The third-order valence-electron chi connectivity index (χ3n) is 1.01. The first kappa shape index (κ1) is 8.43. The molecular weight excluding hydrogens is 116 g/mol. The summed E-state index contributed by atoms with van der Waals surface area (Å²) >= 11 is 0. The van der Waals surface area contributed by atoms with Gasteiger partial charge in [-0.05, 0) is 13.3 Å². The van der Waals surface area contributed by atoms with Crippen LogP contribution in [0.4, 0.5) is 0 Å². The molecule has 0 fully saturated rings. The molecule has 0 amide bonds. The zero-order valence-electron chi connectivity index (χ0n) is 6.02. The first-order valence-electron chi connectivity index (χ1n) is 3.18. The largest absolute Gasteiger partial charge is 0.394 e. The minimum Gasteiger partial charge on any atom is -0.394 e. The van der Waals surface area contributed by atoms with Crippen LogP contribution in [-0.4, -0.2) is 24.0 Å². The Morgan fingerprint density at radius 1 is 1.67 bits per heavy atom. The Kier molecular flexibility index (Phi) is 5.21. The van der Waals surface area contributed by atoms with E-state index in [2.05, 4.69) is 10.5 Å². The Hall–Kier alpha value is -0.570. The number of rotatable bonds is 4. The normalized spacial score (nSPS) is 11.7. The van der Waals surface area contributed by atoms with E-state index < -0.39 is 0 Å². The van der Waals surface area contributed by atoms with Gasteiger partial charge in [0.2, 0.25) is 0 Å². The lowest BCUT2D eigenvalue weighted by Crippen LogP contribution is -2.12. The summed E-state index contributed by atoms with van der Waals surface area (Å²) < 4.78 is 0. The molecule has 0 aromatic heterocycles. The molecular formula is C6H14N2O. The number of nitrogens with one attached hydrogen (secondary N) is 1.